The Bertz CT molecular complexity index is 1150. The van der Waals surface area contributed by atoms with Gasteiger partial charge in [-0.3, -0.25) is 14.8 Å². The summed E-state index contributed by atoms with van der Waals surface area (Å²) in [6.45, 7) is 0. The van der Waals surface area contributed by atoms with E-state index in [4.69, 9.17) is 11.6 Å². The van der Waals surface area contributed by atoms with Crippen LogP contribution in [0.5, 0.6) is 0 Å². The number of halogens is 4. The van der Waals surface area contributed by atoms with E-state index in [-0.39, 0.29) is 21.4 Å². The van der Waals surface area contributed by atoms with Crippen molar-refractivity contribution in [3.05, 3.63) is 64.7 Å². The van der Waals surface area contributed by atoms with Crippen LogP contribution in [0.1, 0.15) is 15.9 Å². The minimum Gasteiger partial charge on any atom is -0.296 e. The molecule has 7 nitrogen and oxygen atoms in total. The Labute approximate surface area is 171 Å². The zero-order valence-corrected chi connectivity index (χ0v) is 16.5. The first-order chi connectivity index (χ1) is 13.6. The summed E-state index contributed by atoms with van der Waals surface area (Å²) < 4.78 is 64.1. The Morgan fingerprint density at radius 2 is 1.69 bits per heavy atom. The maximum Gasteiger partial charge on any atom is 0.416 e. The van der Waals surface area contributed by atoms with E-state index >= 15 is 0 Å². The van der Waals surface area contributed by atoms with Crippen LogP contribution in [0.4, 0.5) is 24.0 Å². The van der Waals surface area contributed by atoms with Gasteiger partial charge in [0.2, 0.25) is 5.13 Å². The standard InChI is InChI=1S/C16H10ClF3N4O3S2/c17-12-4-2-1-3-11(12)13(25)21-14-22-23-15(28-14)29(26,27)24-10-7-5-9(6-8-10)16(18,19)20/h1-8,24H,(H,21,22,25). The van der Waals surface area contributed by atoms with Crippen molar-refractivity contribution in [3.63, 3.8) is 0 Å². The molecule has 0 aliphatic rings. The number of amides is 1. The number of aromatic nitrogens is 2. The summed E-state index contributed by atoms with van der Waals surface area (Å²) in [6.07, 6.45) is -4.54. The SMILES string of the molecule is O=C(Nc1nnc(S(=O)(=O)Nc2ccc(C(F)(F)F)cc2)s1)c1ccccc1Cl. The number of nitrogens with zero attached hydrogens (tertiary/aromatic N) is 2. The minimum absolute atomic E-state index is 0.0881. The molecule has 2 N–H and O–H groups in total. The highest BCUT2D eigenvalue weighted by molar-refractivity contribution is 7.94. The van der Waals surface area contributed by atoms with Crippen molar-refractivity contribution in [1.29, 1.82) is 0 Å². The molecule has 1 heterocycles. The van der Waals surface area contributed by atoms with Crippen LogP contribution in [-0.4, -0.2) is 24.5 Å². The van der Waals surface area contributed by atoms with Gasteiger partial charge in [0, 0.05) is 5.69 Å². The molecule has 1 aromatic heterocycles. The normalized spacial score (nSPS) is 11.9. The highest BCUT2D eigenvalue weighted by Crippen LogP contribution is 2.30. The van der Waals surface area contributed by atoms with Gasteiger partial charge in [0.1, 0.15) is 0 Å². The van der Waals surface area contributed by atoms with E-state index in [1.165, 1.54) is 12.1 Å². The van der Waals surface area contributed by atoms with Crippen molar-refractivity contribution in [2.24, 2.45) is 0 Å². The van der Waals surface area contributed by atoms with Crippen molar-refractivity contribution >= 4 is 49.7 Å². The third kappa shape index (κ3) is 5.02. The highest BCUT2D eigenvalue weighted by Gasteiger charge is 2.30. The monoisotopic (exact) mass is 462 g/mol. The Kier molecular flexibility index (Phi) is 5.78. The van der Waals surface area contributed by atoms with Crippen molar-refractivity contribution < 1.29 is 26.4 Å². The number of rotatable bonds is 5. The van der Waals surface area contributed by atoms with E-state index in [1.807, 2.05) is 0 Å². The molecule has 2 aromatic carbocycles. The molecular weight excluding hydrogens is 453 g/mol. The number of hydrogen-bond acceptors (Lipinski definition) is 6. The fourth-order valence-corrected chi connectivity index (χ4v) is 4.28. The maximum atomic E-state index is 12.6. The zero-order valence-electron chi connectivity index (χ0n) is 14.1. The molecule has 152 valence electrons. The number of hydrogen-bond donors (Lipinski definition) is 2. The fraction of sp³-hybridized carbons (Fsp3) is 0.0625. The average molecular weight is 463 g/mol. The molecule has 0 aliphatic heterocycles. The summed E-state index contributed by atoms with van der Waals surface area (Å²) in [5.41, 5.74) is -0.840. The number of nitrogens with one attached hydrogen (secondary N) is 2. The molecular formula is C16H10ClF3N4O3S2. The Hall–Kier alpha value is -2.70. The van der Waals surface area contributed by atoms with E-state index in [2.05, 4.69) is 20.2 Å². The molecule has 0 aliphatic carbocycles. The summed E-state index contributed by atoms with van der Waals surface area (Å²) >= 11 is 6.49. The first kappa shape index (κ1) is 21.0. The quantitative estimate of drug-likeness (QED) is 0.552. The van der Waals surface area contributed by atoms with Gasteiger partial charge in [-0.2, -0.15) is 21.6 Å². The largest absolute Gasteiger partial charge is 0.416 e. The van der Waals surface area contributed by atoms with Crippen LogP contribution in [0.25, 0.3) is 0 Å². The Balaban J connectivity index is 1.73. The molecule has 29 heavy (non-hydrogen) atoms. The number of sulfonamides is 1. The summed E-state index contributed by atoms with van der Waals surface area (Å²) in [7, 11) is -4.21. The summed E-state index contributed by atoms with van der Waals surface area (Å²) in [5.74, 6) is -0.605. The van der Waals surface area contributed by atoms with Crippen LogP contribution in [0, 0.1) is 0 Å². The van der Waals surface area contributed by atoms with Gasteiger partial charge in [0.05, 0.1) is 16.1 Å². The second-order valence-corrected chi connectivity index (χ2v) is 8.73. The molecule has 1 amide bonds. The van der Waals surface area contributed by atoms with Gasteiger partial charge >= 0.3 is 6.18 Å². The molecule has 3 rings (SSSR count). The molecule has 0 saturated carbocycles. The van der Waals surface area contributed by atoms with Crippen LogP contribution in [0.15, 0.2) is 52.9 Å². The summed E-state index contributed by atoms with van der Waals surface area (Å²) in [6, 6.07) is 9.67. The second kappa shape index (κ2) is 7.97. The lowest BCUT2D eigenvalue weighted by Crippen LogP contribution is -2.13. The molecule has 13 heteroatoms. The lowest BCUT2D eigenvalue weighted by Gasteiger charge is -2.08. The van der Waals surface area contributed by atoms with Gasteiger partial charge in [-0.1, -0.05) is 35.1 Å². The van der Waals surface area contributed by atoms with E-state index in [1.54, 1.807) is 12.1 Å². The number of carbonyl (C=O) groups excluding carboxylic acids is 1. The highest BCUT2D eigenvalue weighted by atomic mass is 35.5. The molecule has 0 spiro atoms. The van der Waals surface area contributed by atoms with Crippen molar-refractivity contribution in [2.75, 3.05) is 10.0 Å². The van der Waals surface area contributed by atoms with E-state index in [0.29, 0.717) is 11.3 Å². The van der Waals surface area contributed by atoms with Crippen LogP contribution in [0.2, 0.25) is 5.02 Å². The smallest absolute Gasteiger partial charge is 0.296 e. The zero-order chi connectivity index (χ0) is 21.2. The lowest BCUT2D eigenvalue weighted by atomic mass is 10.2. The Morgan fingerprint density at radius 3 is 2.31 bits per heavy atom. The first-order valence-electron chi connectivity index (χ1n) is 7.66. The first-order valence-corrected chi connectivity index (χ1v) is 10.3. The predicted octanol–water partition coefficient (Wildman–Crippen LogP) is 4.26. The number of benzene rings is 2. The van der Waals surface area contributed by atoms with Gasteiger partial charge in [-0.25, -0.2) is 0 Å². The number of anilines is 2. The number of carbonyl (C=O) groups is 1. The molecule has 0 atom stereocenters. The van der Waals surface area contributed by atoms with Gasteiger partial charge in [0.25, 0.3) is 20.3 Å². The summed E-state index contributed by atoms with van der Waals surface area (Å²) in [5, 5.41) is 9.58. The van der Waals surface area contributed by atoms with E-state index < -0.39 is 32.0 Å². The molecule has 0 unspecified atom stereocenters. The fourth-order valence-electron chi connectivity index (χ4n) is 2.10. The van der Waals surface area contributed by atoms with Gasteiger partial charge in [-0.05, 0) is 36.4 Å². The molecule has 3 aromatic rings. The van der Waals surface area contributed by atoms with Gasteiger partial charge < -0.3 is 0 Å². The van der Waals surface area contributed by atoms with E-state index in [0.717, 1.165) is 24.3 Å². The van der Waals surface area contributed by atoms with Gasteiger partial charge in [0.15, 0.2) is 0 Å². The lowest BCUT2D eigenvalue weighted by molar-refractivity contribution is -0.137. The van der Waals surface area contributed by atoms with Crippen LogP contribution < -0.4 is 10.0 Å². The minimum atomic E-state index is -4.54. The molecule has 0 radical (unpaired) electrons. The average Bonchev–Trinajstić information content (AvgIpc) is 3.11. The third-order valence-electron chi connectivity index (χ3n) is 3.44. The Morgan fingerprint density at radius 1 is 1.03 bits per heavy atom. The topological polar surface area (TPSA) is 101 Å². The molecule has 0 fully saturated rings. The molecule has 0 saturated heterocycles. The van der Waals surface area contributed by atoms with Crippen LogP contribution >= 0.6 is 22.9 Å². The van der Waals surface area contributed by atoms with Crippen LogP contribution in [-0.2, 0) is 16.2 Å². The number of alkyl halides is 3. The van der Waals surface area contributed by atoms with Gasteiger partial charge in [-0.15, -0.1) is 10.2 Å². The maximum absolute atomic E-state index is 12.6. The van der Waals surface area contributed by atoms with Crippen molar-refractivity contribution in [1.82, 2.24) is 10.2 Å². The molecule has 0 bridgehead atoms. The predicted molar refractivity (Wildman–Crippen MR) is 102 cm³/mol. The second-order valence-electron chi connectivity index (χ2n) is 5.49. The van der Waals surface area contributed by atoms with Crippen molar-refractivity contribution in [2.45, 2.75) is 10.5 Å². The summed E-state index contributed by atoms with van der Waals surface area (Å²) in [4.78, 5) is 12.2. The third-order valence-corrected chi connectivity index (χ3v) is 6.36. The van der Waals surface area contributed by atoms with Crippen molar-refractivity contribution in [3.8, 4) is 0 Å². The van der Waals surface area contributed by atoms with Crippen LogP contribution in [0.3, 0.4) is 0 Å². The van der Waals surface area contributed by atoms with E-state index in [9.17, 15) is 26.4 Å².